The van der Waals surface area contributed by atoms with Crippen LogP contribution >= 0.6 is 22.9 Å². The second-order valence-electron chi connectivity index (χ2n) is 3.27. The lowest BCUT2D eigenvalue weighted by atomic mass is 10.2. The highest BCUT2D eigenvalue weighted by Crippen LogP contribution is 2.28. The number of rotatable bonds is 3. The maximum Gasteiger partial charge on any atom is 0.0573 e. The lowest BCUT2D eigenvalue weighted by Crippen LogP contribution is -2.01. The first-order chi connectivity index (χ1) is 7.79. The molecular weight excluding hydrogens is 238 g/mol. The van der Waals surface area contributed by atoms with Gasteiger partial charge in [-0.25, -0.2) is 0 Å². The first-order valence-corrected chi connectivity index (χ1v) is 6.02. The molecule has 0 fully saturated rings. The quantitative estimate of drug-likeness (QED) is 0.644. The highest BCUT2D eigenvalue weighted by atomic mass is 35.5. The predicted octanol–water partition coefficient (Wildman–Crippen LogP) is 3.75. The second kappa shape index (κ2) is 5.07. The molecule has 3 heteroatoms. The van der Waals surface area contributed by atoms with Gasteiger partial charge in [0, 0.05) is 20.8 Å². The average molecular weight is 248 g/mol. The number of thiophene rings is 1. The second-order valence-corrected chi connectivity index (χ2v) is 4.88. The Bertz CT molecular complexity index is 507. The Morgan fingerprint density at radius 3 is 2.62 bits per heavy atom. The van der Waals surface area contributed by atoms with E-state index in [9.17, 15) is 0 Å². The largest absolute Gasteiger partial charge is 0.341 e. The topological polar surface area (TPSA) is 12.0 Å². The Morgan fingerprint density at radius 1 is 1.19 bits per heavy atom. The zero-order chi connectivity index (χ0) is 11.4. The maximum absolute atomic E-state index is 5.84. The van der Waals surface area contributed by atoms with Gasteiger partial charge in [-0.05, 0) is 29.8 Å². The molecule has 1 aromatic heterocycles. The van der Waals surface area contributed by atoms with Crippen LogP contribution in [0.25, 0.3) is 10.4 Å². The van der Waals surface area contributed by atoms with Crippen molar-refractivity contribution in [3.63, 3.8) is 0 Å². The number of hydrogen-bond acceptors (Lipinski definition) is 2. The molecule has 0 aliphatic heterocycles. The normalized spacial score (nSPS) is 9.75. The molecule has 0 amide bonds. The molecule has 0 unspecified atom stereocenters. The smallest absolute Gasteiger partial charge is 0.0573 e. The third kappa shape index (κ3) is 2.57. The van der Waals surface area contributed by atoms with E-state index in [1.807, 2.05) is 24.3 Å². The van der Waals surface area contributed by atoms with Crippen LogP contribution in [0.4, 0.5) is 0 Å². The van der Waals surface area contributed by atoms with E-state index in [1.165, 1.54) is 15.3 Å². The molecule has 1 nitrogen and oxygen atoms in total. The molecule has 2 rings (SSSR count). The summed E-state index contributed by atoms with van der Waals surface area (Å²) >= 11 is 7.57. The van der Waals surface area contributed by atoms with E-state index in [0.717, 1.165) is 11.6 Å². The van der Waals surface area contributed by atoms with E-state index in [0.29, 0.717) is 0 Å². The molecule has 0 aliphatic carbocycles. The van der Waals surface area contributed by atoms with Gasteiger partial charge in [0.15, 0.2) is 0 Å². The van der Waals surface area contributed by atoms with Gasteiger partial charge in [-0.3, -0.25) is 0 Å². The van der Waals surface area contributed by atoms with Crippen molar-refractivity contribution in [3.05, 3.63) is 46.3 Å². The van der Waals surface area contributed by atoms with Gasteiger partial charge in [-0.15, -0.1) is 11.3 Å². The summed E-state index contributed by atoms with van der Waals surface area (Å²) in [6.45, 7) is 0.717. The molecule has 0 saturated carbocycles. The lowest BCUT2D eigenvalue weighted by molar-refractivity contribution is 0.920. The minimum Gasteiger partial charge on any atom is -0.341 e. The van der Waals surface area contributed by atoms with Crippen LogP contribution in [0.3, 0.4) is 0 Å². The summed E-state index contributed by atoms with van der Waals surface area (Å²) in [6, 6.07) is 14.4. The predicted molar refractivity (Wildman–Crippen MR) is 70.4 cm³/mol. The Kier molecular flexibility index (Phi) is 3.51. The number of benzene rings is 1. The Hall–Kier alpha value is -1.43. The van der Waals surface area contributed by atoms with Gasteiger partial charge < -0.3 is 5.32 Å². The standard InChI is InChI=1S/C13H10ClNS/c1-2-15-9-12-7-8-13(16-12)10-3-5-11(14)6-4-10/h1,3-8,15H,9H2. The van der Waals surface area contributed by atoms with Gasteiger partial charge in [0.25, 0.3) is 0 Å². The zero-order valence-corrected chi connectivity index (χ0v) is 10.1. The van der Waals surface area contributed by atoms with E-state index in [4.69, 9.17) is 18.0 Å². The number of nitrogens with one attached hydrogen (secondary N) is 1. The van der Waals surface area contributed by atoms with Crippen LogP contribution in [-0.2, 0) is 6.54 Å². The summed E-state index contributed by atoms with van der Waals surface area (Å²) in [7, 11) is 0. The highest BCUT2D eigenvalue weighted by molar-refractivity contribution is 7.15. The summed E-state index contributed by atoms with van der Waals surface area (Å²) in [4.78, 5) is 2.45. The number of terminal acetylenes is 1. The van der Waals surface area contributed by atoms with Crippen LogP contribution < -0.4 is 5.32 Å². The average Bonchev–Trinajstić information content (AvgIpc) is 2.76. The lowest BCUT2D eigenvalue weighted by Gasteiger charge is -1.97. The Balaban J connectivity index is 2.18. The van der Waals surface area contributed by atoms with Crippen molar-refractivity contribution in [3.8, 4) is 22.9 Å². The summed E-state index contributed by atoms with van der Waals surface area (Å²) < 4.78 is 0. The van der Waals surface area contributed by atoms with E-state index in [1.54, 1.807) is 11.3 Å². The zero-order valence-electron chi connectivity index (χ0n) is 8.53. The van der Waals surface area contributed by atoms with Crippen LogP contribution in [0.1, 0.15) is 4.88 Å². The first kappa shape index (κ1) is 11.1. The molecule has 16 heavy (non-hydrogen) atoms. The van der Waals surface area contributed by atoms with Crippen molar-refractivity contribution in [1.29, 1.82) is 0 Å². The van der Waals surface area contributed by atoms with Gasteiger partial charge in [-0.2, -0.15) is 0 Å². The van der Waals surface area contributed by atoms with Crippen LogP contribution in [0, 0.1) is 12.5 Å². The van der Waals surface area contributed by atoms with E-state index < -0.39 is 0 Å². The third-order valence-corrected chi connectivity index (χ3v) is 3.54. The van der Waals surface area contributed by atoms with E-state index in [2.05, 4.69) is 23.5 Å². The fourth-order valence-corrected chi connectivity index (χ4v) is 2.46. The highest BCUT2D eigenvalue weighted by Gasteiger charge is 2.02. The van der Waals surface area contributed by atoms with Gasteiger partial charge in [0.2, 0.25) is 0 Å². The summed E-state index contributed by atoms with van der Waals surface area (Å²) in [6.07, 6.45) is 5.14. The fourth-order valence-electron chi connectivity index (χ4n) is 1.38. The molecule has 0 atom stereocenters. The Morgan fingerprint density at radius 2 is 1.94 bits per heavy atom. The molecule has 80 valence electrons. The van der Waals surface area contributed by atoms with Gasteiger partial charge >= 0.3 is 0 Å². The van der Waals surface area contributed by atoms with Crippen molar-refractivity contribution in [2.24, 2.45) is 0 Å². The van der Waals surface area contributed by atoms with Crippen LogP contribution in [-0.4, -0.2) is 0 Å². The van der Waals surface area contributed by atoms with Gasteiger partial charge in [-0.1, -0.05) is 30.2 Å². The molecular formula is C13H10ClNS. The van der Waals surface area contributed by atoms with E-state index >= 15 is 0 Å². The summed E-state index contributed by atoms with van der Waals surface area (Å²) in [5.41, 5.74) is 1.18. The van der Waals surface area contributed by atoms with Crippen LogP contribution in [0.5, 0.6) is 0 Å². The molecule has 0 radical (unpaired) electrons. The molecule has 0 bridgehead atoms. The molecule has 1 heterocycles. The molecule has 0 saturated heterocycles. The fraction of sp³-hybridized carbons (Fsp3) is 0.0769. The van der Waals surface area contributed by atoms with Gasteiger partial charge in [0.1, 0.15) is 0 Å². The van der Waals surface area contributed by atoms with Crippen molar-refractivity contribution in [2.45, 2.75) is 6.54 Å². The molecule has 1 aromatic carbocycles. The van der Waals surface area contributed by atoms with Crippen LogP contribution in [0.15, 0.2) is 36.4 Å². The molecule has 2 aromatic rings. The third-order valence-electron chi connectivity index (χ3n) is 2.16. The van der Waals surface area contributed by atoms with Crippen molar-refractivity contribution in [1.82, 2.24) is 5.32 Å². The minimum absolute atomic E-state index is 0.717. The van der Waals surface area contributed by atoms with E-state index in [-0.39, 0.29) is 0 Å². The van der Waals surface area contributed by atoms with Crippen LogP contribution in [0.2, 0.25) is 5.02 Å². The van der Waals surface area contributed by atoms with Crippen molar-refractivity contribution < 1.29 is 0 Å². The number of hydrogen-bond donors (Lipinski definition) is 1. The number of halogens is 1. The first-order valence-electron chi connectivity index (χ1n) is 4.83. The SMILES string of the molecule is C#CNCc1ccc(-c2ccc(Cl)cc2)s1. The van der Waals surface area contributed by atoms with Gasteiger partial charge in [0.05, 0.1) is 6.54 Å². The van der Waals surface area contributed by atoms with Crippen molar-refractivity contribution in [2.75, 3.05) is 0 Å². The maximum atomic E-state index is 5.84. The monoisotopic (exact) mass is 247 g/mol. The van der Waals surface area contributed by atoms with Crippen molar-refractivity contribution >= 4 is 22.9 Å². The summed E-state index contributed by atoms with van der Waals surface area (Å²) in [5.74, 6) is 0. The summed E-state index contributed by atoms with van der Waals surface area (Å²) in [5, 5.41) is 3.61. The molecule has 0 aliphatic rings. The molecule has 1 N–H and O–H groups in total. The Labute approximate surface area is 104 Å². The molecule has 0 spiro atoms. The minimum atomic E-state index is 0.717.